The smallest absolute Gasteiger partial charge is 0.295 e. The normalized spacial score (nSPS) is 17.7. The highest BCUT2D eigenvalue weighted by molar-refractivity contribution is 6.46. The van der Waals surface area contributed by atoms with E-state index in [1.165, 1.54) is 4.90 Å². The number of carbonyl (C=O) groups excluding carboxylic acids is 2. The molecule has 1 aromatic heterocycles. The van der Waals surface area contributed by atoms with Crippen LogP contribution in [0, 0.1) is 5.92 Å². The van der Waals surface area contributed by atoms with Crippen molar-refractivity contribution in [3.8, 4) is 23.0 Å². The molecule has 2 aromatic carbocycles. The number of likely N-dealkylation sites (tertiary alicyclic amines) is 1. The molecule has 9 heteroatoms. The Bertz CT molecular complexity index is 1450. The summed E-state index contributed by atoms with van der Waals surface area (Å²) in [4.78, 5) is 32.5. The van der Waals surface area contributed by atoms with Gasteiger partial charge in [0.25, 0.3) is 11.7 Å². The van der Waals surface area contributed by atoms with Crippen LogP contribution in [-0.4, -0.2) is 53.1 Å². The highest BCUT2D eigenvalue weighted by Gasteiger charge is 2.46. The lowest BCUT2D eigenvalue weighted by molar-refractivity contribution is -0.140. The monoisotopic (exact) mass is 558 g/mol. The topological polar surface area (TPSA) is 107 Å². The maximum absolute atomic E-state index is 13.5. The Kier molecular flexibility index (Phi) is 8.42. The van der Waals surface area contributed by atoms with Gasteiger partial charge in [0.15, 0.2) is 23.0 Å². The number of ether oxygens (including phenoxy) is 4. The molecule has 214 valence electrons. The summed E-state index contributed by atoms with van der Waals surface area (Å²) in [5.74, 6) is 0.807. The summed E-state index contributed by atoms with van der Waals surface area (Å²) in [5.41, 5.74) is 1.73. The average molecular weight is 559 g/mol. The summed E-state index contributed by atoms with van der Waals surface area (Å²) in [5, 5.41) is 11.5. The van der Waals surface area contributed by atoms with Crippen molar-refractivity contribution in [1.82, 2.24) is 9.88 Å². The standard InChI is InChI=1S/C32H34N2O7/c1-4-38-26-17-22(5-7-24(26)39-14-11-20(2)3)29-28(30(35)23-6-8-25-27(18-23)41-16-15-40-25)31(36)32(37)34(29)19-21-9-12-33-13-10-21/h5-10,12-13,17-18,20,29,35H,4,11,14-16,19H2,1-3H3/b30-28+/t29-/m0/s1. The molecule has 1 N–H and O–H groups in total. The van der Waals surface area contributed by atoms with Gasteiger partial charge in [-0.1, -0.05) is 19.9 Å². The van der Waals surface area contributed by atoms with Gasteiger partial charge in [-0.2, -0.15) is 0 Å². The van der Waals surface area contributed by atoms with Crippen molar-refractivity contribution in [3.63, 3.8) is 0 Å². The number of fused-ring (bicyclic) bond motifs is 1. The molecule has 0 spiro atoms. The second kappa shape index (κ2) is 12.3. The molecule has 41 heavy (non-hydrogen) atoms. The summed E-state index contributed by atoms with van der Waals surface area (Å²) < 4.78 is 23.2. The lowest BCUT2D eigenvalue weighted by atomic mass is 9.94. The van der Waals surface area contributed by atoms with Crippen LogP contribution < -0.4 is 18.9 Å². The minimum Gasteiger partial charge on any atom is -0.507 e. The first-order valence-corrected chi connectivity index (χ1v) is 13.8. The first-order chi connectivity index (χ1) is 19.9. The number of rotatable bonds is 10. The Morgan fingerprint density at radius 3 is 2.49 bits per heavy atom. The summed E-state index contributed by atoms with van der Waals surface area (Å²) in [7, 11) is 0. The number of amides is 1. The molecular weight excluding hydrogens is 524 g/mol. The Morgan fingerprint density at radius 2 is 1.76 bits per heavy atom. The highest BCUT2D eigenvalue weighted by atomic mass is 16.6. The van der Waals surface area contributed by atoms with Crippen LogP contribution in [0.2, 0.25) is 0 Å². The maximum Gasteiger partial charge on any atom is 0.295 e. The number of Topliss-reactive ketones (excluding diaryl/α,β-unsaturated/α-hetero) is 1. The molecular formula is C32H34N2O7. The van der Waals surface area contributed by atoms with Crippen LogP contribution in [0.25, 0.3) is 5.76 Å². The zero-order valence-electron chi connectivity index (χ0n) is 23.5. The average Bonchev–Trinajstić information content (AvgIpc) is 3.22. The molecule has 1 atom stereocenters. The van der Waals surface area contributed by atoms with E-state index in [-0.39, 0.29) is 17.9 Å². The van der Waals surface area contributed by atoms with Crippen molar-refractivity contribution >= 4 is 17.4 Å². The van der Waals surface area contributed by atoms with Gasteiger partial charge in [-0.25, -0.2) is 0 Å². The molecule has 9 nitrogen and oxygen atoms in total. The van der Waals surface area contributed by atoms with Gasteiger partial charge in [-0.15, -0.1) is 0 Å². The minimum atomic E-state index is -0.875. The van der Waals surface area contributed by atoms with E-state index in [9.17, 15) is 14.7 Å². The van der Waals surface area contributed by atoms with Gasteiger partial charge in [0, 0.05) is 24.5 Å². The number of hydrogen-bond donors (Lipinski definition) is 1. The predicted octanol–water partition coefficient (Wildman–Crippen LogP) is 5.30. The fraction of sp³-hybridized carbons (Fsp3) is 0.344. The largest absolute Gasteiger partial charge is 0.507 e. The van der Waals surface area contributed by atoms with Gasteiger partial charge < -0.3 is 29.0 Å². The van der Waals surface area contributed by atoms with E-state index < -0.39 is 17.7 Å². The van der Waals surface area contributed by atoms with Gasteiger partial charge in [-0.05, 0) is 72.9 Å². The molecule has 1 saturated heterocycles. The third-order valence-electron chi connectivity index (χ3n) is 6.99. The summed E-state index contributed by atoms with van der Waals surface area (Å²) in [6, 6.07) is 13.0. The molecule has 0 saturated carbocycles. The number of hydrogen-bond acceptors (Lipinski definition) is 8. The quantitative estimate of drug-likeness (QED) is 0.203. The molecule has 0 unspecified atom stereocenters. The van der Waals surface area contributed by atoms with Gasteiger partial charge in [0.1, 0.15) is 19.0 Å². The molecule has 2 aliphatic heterocycles. The Morgan fingerprint density at radius 1 is 1.00 bits per heavy atom. The van der Waals surface area contributed by atoms with Crippen LogP contribution in [0.15, 0.2) is 66.5 Å². The van der Waals surface area contributed by atoms with Crippen LogP contribution in [0.1, 0.15) is 49.9 Å². The van der Waals surface area contributed by atoms with E-state index >= 15 is 0 Å². The first kappa shape index (κ1) is 28.0. The molecule has 2 aliphatic rings. The van der Waals surface area contributed by atoms with E-state index in [0.717, 1.165) is 12.0 Å². The van der Waals surface area contributed by atoms with Crippen LogP contribution in [0.3, 0.4) is 0 Å². The van der Waals surface area contributed by atoms with E-state index in [0.29, 0.717) is 66.5 Å². The van der Waals surface area contributed by atoms with E-state index in [1.807, 2.05) is 6.92 Å². The SMILES string of the molecule is CCOc1cc([C@H]2/C(=C(\O)c3ccc4c(c3)OCCO4)C(=O)C(=O)N2Cc2ccncc2)ccc1OCCC(C)C. The molecule has 0 bridgehead atoms. The van der Waals surface area contributed by atoms with Crippen molar-refractivity contribution in [1.29, 1.82) is 0 Å². The number of aromatic nitrogens is 1. The van der Waals surface area contributed by atoms with Gasteiger partial charge >= 0.3 is 0 Å². The van der Waals surface area contributed by atoms with Crippen LogP contribution in [0.4, 0.5) is 0 Å². The molecule has 1 amide bonds. The summed E-state index contributed by atoms with van der Waals surface area (Å²) in [6.45, 7) is 8.01. The number of benzene rings is 2. The third kappa shape index (κ3) is 5.99. The fourth-order valence-electron chi connectivity index (χ4n) is 4.91. The molecule has 0 radical (unpaired) electrons. The highest BCUT2D eigenvalue weighted by Crippen LogP contribution is 2.43. The van der Waals surface area contributed by atoms with Crippen molar-refractivity contribution in [3.05, 3.63) is 83.2 Å². The molecule has 0 aliphatic carbocycles. The van der Waals surface area contributed by atoms with Crippen molar-refractivity contribution < 1.29 is 33.6 Å². The number of nitrogens with zero attached hydrogens (tertiary/aromatic N) is 2. The van der Waals surface area contributed by atoms with Crippen LogP contribution in [0.5, 0.6) is 23.0 Å². The Labute approximate surface area is 239 Å². The van der Waals surface area contributed by atoms with Gasteiger partial charge in [0.2, 0.25) is 0 Å². The van der Waals surface area contributed by atoms with E-state index in [4.69, 9.17) is 18.9 Å². The summed E-state index contributed by atoms with van der Waals surface area (Å²) >= 11 is 0. The number of ketones is 1. The minimum absolute atomic E-state index is 0.0170. The van der Waals surface area contributed by atoms with Crippen molar-refractivity contribution in [2.24, 2.45) is 5.92 Å². The number of aliphatic hydroxyl groups is 1. The molecule has 1 fully saturated rings. The van der Waals surface area contributed by atoms with E-state index in [2.05, 4.69) is 18.8 Å². The third-order valence-corrected chi connectivity index (χ3v) is 6.99. The fourth-order valence-corrected chi connectivity index (χ4v) is 4.91. The zero-order valence-corrected chi connectivity index (χ0v) is 23.5. The predicted molar refractivity (Wildman–Crippen MR) is 152 cm³/mol. The maximum atomic E-state index is 13.5. The van der Waals surface area contributed by atoms with Gasteiger partial charge in [-0.3, -0.25) is 14.6 Å². The molecule has 3 aromatic rings. The molecule has 3 heterocycles. The van der Waals surface area contributed by atoms with Crippen LogP contribution >= 0.6 is 0 Å². The van der Waals surface area contributed by atoms with E-state index in [1.54, 1.807) is 60.9 Å². The number of carbonyl (C=O) groups is 2. The lowest BCUT2D eigenvalue weighted by Crippen LogP contribution is -2.29. The Balaban J connectivity index is 1.60. The Hall–Kier alpha value is -4.53. The lowest BCUT2D eigenvalue weighted by Gasteiger charge is -2.26. The van der Waals surface area contributed by atoms with Crippen molar-refractivity contribution in [2.45, 2.75) is 39.8 Å². The van der Waals surface area contributed by atoms with Crippen molar-refractivity contribution in [2.75, 3.05) is 26.4 Å². The number of aliphatic hydroxyl groups excluding tert-OH is 1. The number of pyridine rings is 1. The van der Waals surface area contributed by atoms with Gasteiger partial charge in [0.05, 0.1) is 24.8 Å². The summed E-state index contributed by atoms with van der Waals surface area (Å²) in [6.07, 6.45) is 4.15. The molecule has 5 rings (SSSR count). The second-order valence-corrected chi connectivity index (χ2v) is 10.3. The van der Waals surface area contributed by atoms with Crippen LogP contribution in [-0.2, 0) is 16.1 Å². The first-order valence-electron chi connectivity index (χ1n) is 13.8. The zero-order chi connectivity index (χ0) is 28.9. The second-order valence-electron chi connectivity index (χ2n) is 10.3.